The van der Waals surface area contributed by atoms with Crippen LogP contribution in [-0.2, 0) is 21.1 Å². The fraction of sp³-hybridized carbons (Fsp3) is 0.0952. The number of aromatic nitrogens is 3. The zero-order chi connectivity index (χ0) is 21.3. The Labute approximate surface area is 173 Å². The highest BCUT2D eigenvalue weighted by Gasteiger charge is 2.11. The number of aromatic amines is 1. The molecular formula is C21H19N5O3S. The van der Waals surface area contributed by atoms with Gasteiger partial charge in [0.1, 0.15) is 5.82 Å². The Kier molecular flexibility index (Phi) is 4.96. The first-order valence-corrected chi connectivity index (χ1v) is 11.0. The zero-order valence-electron chi connectivity index (χ0n) is 16.1. The van der Waals surface area contributed by atoms with Gasteiger partial charge in [-0.15, -0.1) is 0 Å². The summed E-state index contributed by atoms with van der Waals surface area (Å²) in [6.07, 6.45) is 2.78. The maximum atomic E-state index is 12.4. The highest BCUT2D eigenvalue weighted by atomic mass is 32.2. The lowest BCUT2D eigenvalue weighted by Gasteiger charge is -2.08. The summed E-state index contributed by atoms with van der Waals surface area (Å²) in [5, 5.41) is 10.4. The second kappa shape index (κ2) is 7.60. The number of nitrogens with two attached hydrogens (primary N) is 1. The molecule has 152 valence electrons. The topological polar surface area (TPSA) is 131 Å². The minimum Gasteiger partial charge on any atom is -0.382 e. The van der Waals surface area contributed by atoms with Gasteiger partial charge in [-0.2, -0.15) is 5.10 Å². The molecule has 0 saturated heterocycles. The third-order valence-corrected chi connectivity index (χ3v) is 5.75. The number of nitrogens with zero attached hydrogens (tertiary/aromatic N) is 2. The minimum absolute atomic E-state index is 0.0345. The van der Waals surface area contributed by atoms with Crippen LogP contribution in [0.25, 0.3) is 22.0 Å². The van der Waals surface area contributed by atoms with Gasteiger partial charge in [0.05, 0.1) is 16.8 Å². The van der Waals surface area contributed by atoms with E-state index in [0.29, 0.717) is 17.2 Å². The molecule has 30 heavy (non-hydrogen) atoms. The highest BCUT2D eigenvalue weighted by Crippen LogP contribution is 2.27. The van der Waals surface area contributed by atoms with E-state index < -0.39 is 9.84 Å². The van der Waals surface area contributed by atoms with Gasteiger partial charge in [-0.05, 0) is 53.1 Å². The number of fused-ring (bicyclic) bond motifs is 1. The van der Waals surface area contributed by atoms with Crippen molar-refractivity contribution in [1.29, 1.82) is 0 Å². The number of sulfone groups is 1. The van der Waals surface area contributed by atoms with Crippen LogP contribution < -0.4 is 11.1 Å². The van der Waals surface area contributed by atoms with Crippen LogP contribution >= 0.6 is 0 Å². The van der Waals surface area contributed by atoms with Crippen LogP contribution in [-0.4, -0.2) is 35.8 Å². The number of benzene rings is 2. The predicted octanol–water partition coefficient (Wildman–Crippen LogP) is 2.79. The first kappa shape index (κ1) is 19.6. The largest absolute Gasteiger partial charge is 0.382 e. The molecule has 0 fully saturated rings. The Hall–Kier alpha value is -3.72. The average molecular weight is 421 g/mol. The molecule has 0 aliphatic carbocycles. The van der Waals surface area contributed by atoms with E-state index in [2.05, 4.69) is 20.5 Å². The number of pyridine rings is 1. The zero-order valence-corrected chi connectivity index (χ0v) is 16.9. The van der Waals surface area contributed by atoms with Gasteiger partial charge in [0.15, 0.2) is 15.7 Å². The molecule has 4 rings (SSSR count). The van der Waals surface area contributed by atoms with E-state index in [9.17, 15) is 13.2 Å². The molecule has 9 heteroatoms. The number of anilines is 2. The van der Waals surface area contributed by atoms with Gasteiger partial charge in [-0.3, -0.25) is 9.89 Å². The second-order valence-corrected chi connectivity index (χ2v) is 8.96. The van der Waals surface area contributed by atoms with Crippen LogP contribution in [0.4, 0.5) is 11.6 Å². The number of nitrogen functional groups attached to an aromatic ring is 1. The summed E-state index contributed by atoms with van der Waals surface area (Å²) in [5.74, 6) is 0.530. The first-order chi connectivity index (χ1) is 14.3. The van der Waals surface area contributed by atoms with Crippen LogP contribution in [0, 0.1) is 0 Å². The van der Waals surface area contributed by atoms with Crippen LogP contribution in [0.2, 0.25) is 0 Å². The molecule has 4 aromatic rings. The number of H-pyrrole nitrogens is 1. The lowest BCUT2D eigenvalue weighted by atomic mass is 10.0. The molecule has 1 amide bonds. The Morgan fingerprint density at radius 3 is 2.70 bits per heavy atom. The standard InChI is InChI=1S/C21H19N5O3S/c1-30(28,29)16-4-2-3-13(9-16)10-20(27)24-19-12-15(7-8-23-19)14-5-6-18-17(11-14)21(22)26-25-18/h2-9,11-12H,10H2,1H3,(H3,22,25,26)(H,23,24,27). The minimum atomic E-state index is -3.33. The van der Waals surface area contributed by atoms with Crippen molar-refractivity contribution in [3.63, 3.8) is 0 Å². The maximum absolute atomic E-state index is 12.4. The fourth-order valence-electron chi connectivity index (χ4n) is 3.15. The van der Waals surface area contributed by atoms with Crippen molar-refractivity contribution >= 4 is 38.3 Å². The third kappa shape index (κ3) is 4.15. The van der Waals surface area contributed by atoms with Gasteiger partial charge in [0.25, 0.3) is 0 Å². The van der Waals surface area contributed by atoms with Gasteiger partial charge < -0.3 is 11.1 Å². The van der Waals surface area contributed by atoms with Crippen molar-refractivity contribution < 1.29 is 13.2 Å². The van der Waals surface area contributed by atoms with Gasteiger partial charge >= 0.3 is 0 Å². The Morgan fingerprint density at radius 2 is 1.90 bits per heavy atom. The summed E-state index contributed by atoms with van der Waals surface area (Å²) in [6.45, 7) is 0. The van der Waals surface area contributed by atoms with E-state index >= 15 is 0 Å². The van der Waals surface area contributed by atoms with Crippen LogP contribution in [0.3, 0.4) is 0 Å². The predicted molar refractivity (Wildman–Crippen MR) is 116 cm³/mol. The molecule has 0 bridgehead atoms. The van der Waals surface area contributed by atoms with E-state index in [-0.39, 0.29) is 17.2 Å². The first-order valence-electron chi connectivity index (χ1n) is 9.08. The van der Waals surface area contributed by atoms with Crippen molar-refractivity contribution in [2.45, 2.75) is 11.3 Å². The number of amides is 1. The molecule has 0 aliphatic heterocycles. The molecule has 0 atom stereocenters. The van der Waals surface area contributed by atoms with Gasteiger partial charge in [-0.25, -0.2) is 13.4 Å². The molecule has 4 N–H and O–H groups in total. The Bertz CT molecular complexity index is 1360. The number of hydrogen-bond donors (Lipinski definition) is 3. The van der Waals surface area contributed by atoms with E-state index in [4.69, 9.17) is 5.73 Å². The molecule has 0 saturated carbocycles. The average Bonchev–Trinajstić information content (AvgIpc) is 3.08. The molecule has 0 radical (unpaired) electrons. The Morgan fingerprint density at radius 1 is 1.10 bits per heavy atom. The van der Waals surface area contributed by atoms with Crippen molar-refractivity contribution in [3.8, 4) is 11.1 Å². The van der Waals surface area contributed by atoms with Crippen LogP contribution in [0.1, 0.15) is 5.56 Å². The molecular weight excluding hydrogens is 402 g/mol. The lowest BCUT2D eigenvalue weighted by Crippen LogP contribution is -2.15. The summed E-state index contributed by atoms with van der Waals surface area (Å²) in [4.78, 5) is 16.8. The van der Waals surface area contributed by atoms with E-state index in [1.807, 2.05) is 24.3 Å². The van der Waals surface area contributed by atoms with Crippen LogP contribution in [0.15, 0.2) is 65.7 Å². The van der Waals surface area contributed by atoms with Crippen molar-refractivity contribution in [3.05, 3.63) is 66.4 Å². The quantitative estimate of drug-likeness (QED) is 0.454. The van der Waals surface area contributed by atoms with Gasteiger partial charge in [0, 0.05) is 17.8 Å². The summed E-state index contributed by atoms with van der Waals surface area (Å²) in [5.41, 5.74) is 9.10. The van der Waals surface area contributed by atoms with Crippen molar-refractivity contribution in [2.24, 2.45) is 0 Å². The normalized spacial score (nSPS) is 11.5. The monoisotopic (exact) mass is 421 g/mol. The van der Waals surface area contributed by atoms with Gasteiger partial charge in [0.2, 0.25) is 5.91 Å². The molecule has 2 aromatic heterocycles. The molecule has 2 heterocycles. The number of carbonyl (C=O) groups excluding carboxylic acids is 1. The summed E-state index contributed by atoms with van der Waals surface area (Å²) in [7, 11) is -3.33. The maximum Gasteiger partial charge on any atom is 0.229 e. The van der Waals surface area contributed by atoms with Crippen molar-refractivity contribution in [2.75, 3.05) is 17.3 Å². The van der Waals surface area contributed by atoms with Gasteiger partial charge in [-0.1, -0.05) is 18.2 Å². The Balaban J connectivity index is 1.53. The SMILES string of the molecule is CS(=O)(=O)c1cccc(CC(=O)Nc2cc(-c3ccc4[nH]nc(N)c4c3)ccn2)c1. The molecule has 8 nitrogen and oxygen atoms in total. The van der Waals surface area contributed by atoms with Crippen molar-refractivity contribution in [1.82, 2.24) is 15.2 Å². The highest BCUT2D eigenvalue weighted by molar-refractivity contribution is 7.90. The fourth-order valence-corrected chi connectivity index (χ4v) is 3.84. The summed E-state index contributed by atoms with van der Waals surface area (Å²) < 4.78 is 23.4. The van der Waals surface area contributed by atoms with E-state index in [1.54, 1.807) is 24.4 Å². The number of carbonyl (C=O) groups is 1. The molecule has 2 aromatic carbocycles. The van der Waals surface area contributed by atoms with E-state index in [1.165, 1.54) is 12.1 Å². The molecule has 0 spiro atoms. The van der Waals surface area contributed by atoms with Crippen LogP contribution in [0.5, 0.6) is 0 Å². The number of nitrogens with one attached hydrogen (secondary N) is 2. The molecule has 0 aliphatic rings. The smallest absolute Gasteiger partial charge is 0.229 e. The number of hydrogen-bond acceptors (Lipinski definition) is 6. The molecule has 0 unspecified atom stereocenters. The number of rotatable bonds is 5. The second-order valence-electron chi connectivity index (χ2n) is 6.94. The summed E-state index contributed by atoms with van der Waals surface area (Å²) >= 11 is 0. The lowest BCUT2D eigenvalue weighted by molar-refractivity contribution is -0.115. The van der Waals surface area contributed by atoms with E-state index in [0.717, 1.165) is 28.3 Å². The summed E-state index contributed by atoms with van der Waals surface area (Å²) in [6, 6.07) is 15.7. The third-order valence-electron chi connectivity index (χ3n) is 4.64.